The molecule has 21 heavy (non-hydrogen) atoms. The second-order valence-electron chi connectivity index (χ2n) is 5.62. The number of carbonyl (C=O) groups excluding carboxylic acids is 3. The van der Waals surface area contributed by atoms with Gasteiger partial charge in [0.15, 0.2) is 0 Å². The van der Waals surface area contributed by atoms with Crippen LogP contribution in [0.2, 0.25) is 0 Å². The van der Waals surface area contributed by atoms with Crippen molar-refractivity contribution in [3.8, 4) is 0 Å². The van der Waals surface area contributed by atoms with Gasteiger partial charge in [-0.3, -0.25) is 4.79 Å². The highest BCUT2D eigenvalue weighted by Gasteiger charge is 2.24. The molecule has 0 spiro atoms. The van der Waals surface area contributed by atoms with Gasteiger partial charge in [-0.05, 0) is 47.1 Å². The van der Waals surface area contributed by atoms with E-state index >= 15 is 0 Å². The van der Waals surface area contributed by atoms with Crippen molar-refractivity contribution in [2.75, 3.05) is 20.7 Å². The minimum Gasteiger partial charge on any atom is -0.463 e. The maximum Gasteiger partial charge on any atom is 0.407 e. The van der Waals surface area contributed by atoms with Crippen LogP contribution in [0.1, 0.15) is 40.0 Å². The van der Waals surface area contributed by atoms with Gasteiger partial charge in [0.2, 0.25) is 0 Å². The quantitative estimate of drug-likeness (QED) is 0.395. The van der Waals surface area contributed by atoms with Crippen molar-refractivity contribution in [1.82, 2.24) is 10.6 Å². The summed E-state index contributed by atoms with van der Waals surface area (Å²) in [5.41, 5.74) is -0.520. The highest BCUT2D eigenvalue weighted by atomic mass is 16.6. The molecule has 7 nitrogen and oxygen atoms in total. The van der Waals surface area contributed by atoms with E-state index in [0.717, 1.165) is 0 Å². The van der Waals surface area contributed by atoms with Crippen LogP contribution in [0, 0.1) is 0 Å². The lowest BCUT2D eigenvalue weighted by Crippen LogP contribution is -2.39. The van der Waals surface area contributed by atoms with E-state index in [1.165, 1.54) is 7.11 Å². The highest BCUT2D eigenvalue weighted by Crippen LogP contribution is 2.07. The first-order chi connectivity index (χ1) is 9.71. The van der Waals surface area contributed by atoms with Gasteiger partial charge in [-0.2, -0.15) is 0 Å². The van der Waals surface area contributed by atoms with E-state index in [0.29, 0.717) is 25.8 Å². The molecule has 0 aliphatic carbocycles. The zero-order valence-electron chi connectivity index (χ0n) is 13.4. The molecule has 1 unspecified atom stereocenters. The van der Waals surface area contributed by atoms with Gasteiger partial charge in [-0.15, -0.1) is 0 Å². The Morgan fingerprint density at radius 3 is 2.24 bits per heavy atom. The fourth-order valence-electron chi connectivity index (χ4n) is 1.63. The average molecular weight is 302 g/mol. The largest absolute Gasteiger partial charge is 0.463 e. The number of ketones is 1. The Bertz CT molecular complexity index is 363. The van der Waals surface area contributed by atoms with Crippen molar-refractivity contribution < 1.29 is 23.9 Å². The number of rotatable bonds is 8. The van der Waals surface area contributed by atoms with Gasteiger partial charge in [0.25, 0.3) is 5.78 Å². The van der Waals surface area contributed by atoms with E-state index in [1.54, 1.807) is 27.8 Å². The Morgan fingerprint density at radius 2 is 1.76 bits per heavy atom. The number of esters is 1. The first-order valence-electron chi connectivity index (χ1n) is 6.97. The maximum absolute atomic E-state index is 11.6. The van der Waals surface area contributed by atoms with Crippen LogP contribution in [0.3, 0.4) is 0 Å². The molecule has 122 valence electrons. The second-order valence-corrected chi connectivity index (χ2v) is 5.62. The fourth-order valence-corrected chi connectivity index (χ4v) is 1.63. The van der Waals surface area contributed by atoms with Gasteiger partial charge in [0.05, 0.1) is 13.2 Å². The molecule has 7 heteroatoms. The van der Waals surface area contributed by atoms with Crippen molar-refractivity contribution in [1.29, 1.82) is 0 Å². The number of ether oxygens (including phenoxy) is 2. The smallest absolute Gasteiger partial charge is 0.407 e. The van der Waals surface area contributed by atoms with Crippen molar-refractivity contribution in [2.24, 2.45) is 0 Å². The van der Waals surface area contributed by atoms with Crippen molar-refractivity contribution in [2.45, 2.75) is 51.7 Å². The van der Waals surface area contributed by atoms with Gasteiger partial charge >= 0.3 is 12.1 Å². The molecule has 0 aliphatic rings. The van der Waals surface area contributed by atoms with Gasteiger partial charge in [-0.25, -0.2) is 9.59 Å². The molecule has 1 amide bonds. The first kappa shape index (κ1) is 19.4. The number of hydrogen-bond acceptors (Lipinski definition) is 6. The number of unbranched alkanes of at least 4 members (excludes halogenated alkanes) is 1. The summed E-state index contributed by atoms with van der Waals surface area (Å²) in [6, 6.07) is -0.557. The molecule has 0 heterocycles. The summed E-state index contributed by atoms with van der Waals surface area (Å²) in [6.07, 6.45) is 1.41. The normalized spacial score (nSPS) is 12.4. The summed E-state index contributed by atoms with van der Waals surface area (Å²) in [6.45, 7) is 5.84. The van der Waals surface area contributed by atoms with Crippen LogP contribution < -0.4 is 10.6 Å². The van der Waals surface area contributed by atoms with Crippen LogP contribution >= 0.6 is 0 Å². The van der Waals surface area contributed by atoms with Crippen molar-refractivity contribution in [3.05, 3.63) is 0 Å². The third-order valence-corrected chi connectivity index (χ3v) is 2.64. The highest BCUT2D eigenvalue weighted by molar-refractivity contribution is 6.35. The molecule has 0 aromatic rings. The van der Waals surface area contributed by atoms with Crippen LogP contribution in [0.4, 0.5) is 4.79 Å². The molecular weight excluding hydrogens is 276 g/mol. The van der Waals surface area contributed by atoms with E-state index in [-0.39, 0.29) is 0 Å². The maximum atomic E-state index is 11.6. The lowest BCUT2D eigenvalue weighted by Gasteiger charge is -2.19. The van der Waals surface area contributed by atoms with Crippen molar-refractivity contribution >= 4 is 17.8 Å². The Labute approximate surface area is 125 Å². The minimum atomic E-state index is -0.846. The molecule has 0 aromatic heterocycles. The Morgan fingerprint density at radius 1 is 1.14 bits per heavy atom. The Kier molecular flexibility index (Phi) is 8.61. The Balaban J connectivity index is 3.90. The zero-order valence-corrected chi connectivity index (χ0v) is 13.4. The molecule has 2 N–H and O–H groups in total. The number of nitrogens with one attached hydrogen (secondary N) is 2. The molecule has 0 radical (unpaired) electrons. The van der Waals surface area contributed by atoms with Crippen LogP contribution in [-0.2, 0) is 19.1 Å². The van der Waals surface area contributed by atoms with Gasteiger partial charge in [0.1, 0.15) is 5.60 Å². The topological polar surface area (TPSA) is 93.7 Å². The molecule has 0 aliphatic heterocycles. The summed E-state index contributed by atoms with van der Waals surface area (Å²) in [5, 5.41) is 5.42. The van der Waals surface area contributed by atoms with E-state index < -0.39 is 29.5 Å². The van der Waals surface area contributed by atoms with E-state index in [1.807, 2.05) is 0 Å². The molecule has 0 fully saturated rings. The van der Waals surface area contributed by atoms with Gasteiger partial charge in [0, 0.05) is 6.54 Å². The lowest BCUT2D eigenvalue weighted by atomic mass is 10.1. The summed E-state index contributed by atoms with van der Waals surface area (Å²) < 4.78 is 9.49. The minimum absolute atomic E-state index is 0.456. The number of likely N-dealkylation sites (N-methyl/N-ethyl adjacent to an activating group) is 1. The number of hydrogen-bond donors (Lipinski definition) is 2. The zero-order chi connectivity index (χ0) is 16.5. The van der Waals surface area contributed by atoms with Crippen LogP contribution in [0.15, 0.2) is 0 Å². The van der Waals surface area contributed by atoms with Crippen LogP contribution in [-0.4, -0.2) is 50.2 Å². The molecule has 1 atom stereocenters. The van der Waals surface area contributed by atoms with E-state index in [4.69, 9.17) is 4.74 Å². The summed E-state index contributed by atoms with van der Waals surface area (Å²) in [7, 11) is 2.79. The number of Topliss-reactive ketones (excluding diaryl/α,β-unsaturated/α-hetero) is 1. The lowest BCUT2D eigenvalue weighted by molar-refractivity contribution is -0.152. The standard InChI is InChI=1S/C14H26N2O5/c1-14(2,3)21-13(19)16-9-7-6-8-10(15-4)11(17)12(18)20-5/h10,15H,6-9H2,1-5H3,(H,16,19). The van der Waals surface area contributed by atoms with Gasteiger partial charge < -0.3 is 20.1 Å². The molecule has 0 saturated heterocycles. The number of alkyl carbamates (subject to hydrolysis) is 1. The molecule has 0 aromatic carbocycles. The number of amides is 1. The third-order valence-electron chi connectivity index (χ3n) is 2.64. The summed E-state index contributed by atoms with van der Waals surface area (Å²) >= 11 is 0. The third kappa shape index (κ3) is 9.01. The van der Waals surface area contributed by atoms with Crippen molar-refractivity contribution in [3.63, 3.8) is 0 Å². The summed E-state index contributed by atoms with van der Waals surface area (Å²) in [5.74, 6) is -1.43. The molecule has 0 rings (SSSR count). The molecule has 0 bridgehead atoms. The first-order valence-corrected chi connectivity index (χ1v) is 6.97. The summed E-state index contributed by atoms with van der Waals surface area (Å²) in [4.78, 5) is 34.1. The average Bonchev–Trinajstić information content (AvgIpc) is 2.39. The van der Waals surface area contributed by atoms with E-state index in [2.05, 4.69) is 15.4 Å². The second kappa shape index (κ2) is 9.33. The van der Waals surface area contributed by atoms with E-state index in [9.17, 15) is 14.4 Å². The SMILES string of the molecule is CNC(CCCCNC(=O)OC(C)(C)C)C(=O)C(=O)OC. The number of methoxy groups -OCH3 is 1. The predicted molar refractivity (Wildman–Crippen MR) is 78.0 cm³/mol. The monoisotopic (exact) mass is 302 g/mol. The Hall–Kier alpha value is -1.63. The fraction of sp³-hybridized carbons (Fsp3) is 0.786. The molecular formula is C14H26N2O5. The molecule has 0 saturated carbocycles. The predicted octanol–water partition coefficient (Wildman–Crippen LogP) is 1.01. The van der Waals surface area contributed by atoms with Crippen LogP contribution in [0.25, 0.3) is 0 Å². The van der Waals surface area contributed by atoms with Crippen LogP contribution in [0.5, 0.6) is 0 Å². The number of carbonyl (C=O) groups is 3. The van der Waals surface area contributed by atoms with Gasteiger partial charge in [-0.1, -0.05) is 0 Å².